The molecule has 1 amide bonds. The summed E-state index contributed by atoms with van der Waals surface area (Å²) in [7, 11) is 3.88. The summed E-state index contributed by atoms with van der Waals surface area (Å²) in [6.07, 6.45) is 2.88. The zero-order chi connectivity index (χ0) is 23.5. The SMILES string of the molecule is CN(C)c1nc(N[C@H]2CC[C@@H](C(=O)NCc3cc(F)c(F)c(F)c3)CC2)nc2ccccc12. The van der Waals surface area contributed by atoms with E-state index < -0.39 is 17.5 Å². The zero-order valence-corrected chi connectivity index (χ0v) is 18.5. The summed E-state index contributed by atoms with van der Waals surface area (Å²) in [6.45, 7) is -0.0522. The van der Waals surface area contributed by atoms with Crippen LogP contribution in [0.5, 0.6) is 0 Å². The van der Waals surface area contributed by atoms with E-state index in [0.29, 0.717) is 18.8 Å². The van der Waals surface area contributed by atoms with Crippen LogP contribution in [0.4, 0.5) is 24.9 Å². The quantitative estimate of drug-likeness (QED) is 0.537. The first kappa shape index (κ1) is 22.8. The number of benzene rings is 2. The van der Waals surface area contributed by atoms with E-state index >= 15 is 0 Å². The number of carbonyl (C=O) groups excluding carboxylic acids is 1. The molecule has 4 rings (SSSR count). The van der Waals surface area contributed by atoms with Gasteiger partial charge in [-0.25, -0.2) is 18.2 Å². The van der Waals surface area contributed by atoms with Gasteiger partial charge in [-0.2, -0.15) is 4.98 Å². The summed E-state index contributed by atoms with van der Waals surface area (Å²) < 4.78 is 39.8. The molecule has 9 heteroatoms. The minimum absolute atomic E-state index is 0.0522. The number of amides is 1. The summed E-state index contributed by atoms with van der Waals surface area (Å²) >= 11 is 0. The Morgan fingerprint density at radius 2 is 1.70 bits per heavy atom. The first-order chi connectivity index (χ1) is 15.8. The lowest BCUT2D eigenvalue weighted by Crippen LogP contribution is -2.36. The van der Waals surface area contributed by atoms with Crippen molar-refractivity contribution in [1.29, 1.82) is 0 Å². The number of halogens is 3. The molecule has 1 heterocycles. The van der Waals surface area contributed by atoms with Crippen LogP contribution in [0.2, 0.25) is 0 Å². The van der Waals surface area contributed by atoms with Crippen molar-refractivity contribution in [2.24, 2.45) is 5.92 Å². The molecule has 0 atom stereocenters. The summed E-state index contributed by atoms with van der Waals surface area (Å²) in [5.41, 5.74) is 1.04. The number of rotatable bonds is 6. The molecule has 1 aromatic heterocycles. The highest BCUT2D eigenvalue weighted by atomic mass is 19.2. The van der Waals surface area contributed by atoms with Crippen LogP contribution in [0, 0.1) is 23.4 Å². The molecule has 1 saturated carbocycles. The lowest BCUT2D eigenvalue weighted by molar-refractivity contribution is -0.126. The number of fused-ring (bicyclic) bond motifs is 1. The zero-order valence-electron chi connectivity index (χ0n) is 18.5. The van der Waals surface area contributed by atoms with E-state index in [1.54, 1.807) is 0 Å². The number of anilines is 2. The Kier molecular flexibility index (Phi) is 6.67. The lowest BCUT2D eigenvalue weighted by atomic mass is 9.85. The highest BCUT2D eigenvalue weighted by Gasteiger charge is 2.27. The maximum absolute atomic E-state index is 13.3. The highest BCUT2D eigenvalue weighted by Crippen LogP contribution is 2.28. The van der Waals surface area contributed by atoms with Crippen molar-refractivity contribution in [3.8, 4) is 0 Å². The second kappa shape index (κ2) is 9.64. The highest BCUT2D eigenvalue weighted by molar-refractivity contribution is 5.90. The van der Waals surface area contributed by atoms with Crippen molar-refractivity contribution >= 4 is 28.6 Å². The van der Waals surface area contributed by atoms with Crippen molar-refractivity contribution in [3.05, 3.63) is 59.4 Å². The third-order valence-corrected chi connectivity index (χ3v) is 5.95. The van der Waals surface area contributed by atoms with Crippen LogP contribution in [-0.2, 0) is 11.3 Å². The molecule has 1 aliphatic rings. The van der Waals surface area contributed by atoms with Gasteiger partial charge >= 0.3 is 0 Å². The van der Waals surface area contributed by atoms with Crippen LogP contribution in [0.1, 0.15) is 31.2 Å². The van der Waals surface area contributed by atoms with Gasteiger partial charge in [-0.3, -0.25) is 4.79 Å². The predicted octanol–water partition coefficient (Wildman–Crippen LogP) is 4.40. The molecule has 1 aliphatic carbocycles. The standard InChI is InChI=1S/C24H26F3N5O/c1-32(2)22-17-5-3-4-6-20(17)30-24(31-22)29-16-9-7-15(8-10-16)23(33)28-13-14-11-18(25)21(27)19(26)12-14/h3-6,11-12,15-16H,7-10,13H2,1-2H3,(H,28,33)(H,29,30,31)/t15-,16+. The number of para-hydroxylation sites is 1. The minimum atomic E-state index is -1.51. The van der Waals surface area contributed by atoms with Crippen LogP contribution in [0.3, 0.4) is 0 Å². The van der Waals surface area contributed by atoms with E-state index in [9.17, 15) is 18.0 Å². The topological polar surface area (TPSA) is 70.2 Å². The molecule has 2 aromatic carbocycles. The van der Waals surface area contributed by atoms with Crippen molar-refractivity contribution in [2.45, 2.75) is 38.3 Å². The molecule has 2 N–H and O–H groups in total. The Balaban J connectivity index is 1.33. The molecule has 0 spiro atoms. The van der Waals surface area contributed by atoms with E-state index in [4.69, 9.17) is 0 Å². The van der Waals surface area contributed by atoms with E-state index in [0.717, 1.165) is 41.7 Å². The molecule has 3 aromatic rings. The molecule has 174 valence electrons. The van der Waals surface area contributed by atoms with Gasteiger partial charge in [0.25, 0.3) is 0 Å². The fourth-order valence-corrected chi connectivity index (χ4v) is 4.19. The number of carbonyl (C=O) groups is 1. The van der Waals surface area contributed by atoms with E-state index in [-0.39, 0.29) is 30.0 Å². The van der Waals surface area contributed by atoms with Crippen LogP contribution in [-0.4, -0.2) is 36.0 Å². The van der Waals surface area contributed by atoms with Gasteiger partial charge in [-0.05, 0) is 55.5 Å². The second-order valence-corrected chi connectivity index (χ2v) is 8.57. The van der Waals surface area contributed by atoms with Crippen LogP contribution < -0.4 is 15.5 Å². The number of aromatic nitrogens is 2. The van der Waals surface area contributed by atoms with Gasteiger partial charge in [0.2, 0.25) is 11.9 Å². The molecule has 0 bridgehead atoms. The molecule has 0 aliphatic heterocycles. The molecule has 0 saturated heterocycles. The van der Waals surface area contributed by atoms with Crippen LogP contribution in [0.25, 0.3) is 10.9 Å². The fraction of sp³-hybridized carbons (Fsp3) is 0.375. The van der Waals surface area contributed by atoms with E-state index in [1.807, 2.05) is 43.3 Å². The van der Waals surface area contributed by atoms with E-state index in [2.05, 4.69) is 20.6 Å². The normalized spacial score (nSPS) is 18.2. The molecule has 6 nitrogen and oxygen atoms in total. The van der Waals surface area contributed by atoms with Crippen molar-refractivity contribution in [3.63, 3.8) is 0 Å². The summed E-state index contributed by atoms with van der Waals surface area (Å²) in [4.78, 5) is 23.8. The molecular formula is C24H26F3N5O. The largest absolute Gasteiger partial charge is 0.362 e. The Bertz CT molecular complexity index is 1140. The number of hydrogen-bond acceptors (Lipinski definition) is 5. The fourth-order valence-electron chi connectivity index (χ4n) is 4.19. The third kappa shape index (κ3) is 5.18. The van der Waals surface area contributed by atoms with Crippen LogP contribution in [0.15, 0.2) is 36.4 Å². The van der Waals surface area contributed by atoms with Gasteiger partial charge in [0.15, 0.2) is 17.5 Å². The van der Waals surface area contributed by atoms with Gasteiger partial charge in [0.05, 0.1) is 5.52 Å². The van der Waals surface area contributed by atoms with Gasteiger partial charge in [0, 0.05) is 38.0 Å². The maximum atomic E-state index is 13.3. The first-order valence-electron chi connectivity index (χ1n) is 10.9. The van der Waals surface area contributed by atoms with Crippen molar-refractivity contribution in [1.82, 2.24) is 15.3 Å². The second-order valence-electron chi connectivity index (χ2n) is 8.57. The molecule has 33 heavy (non-hydrogen) atoms. The van der Waals surface area contributed by atoms with Gasteiger partial charge in [-0.1, -0.05) is 12.1 Å². The lowest BCUT2D eigenvalue weighted by Gasteiger charge is -2.28. The van der Waals surface area contributed by atoms with E-state index in [1.165, 1.54) is 0 Å². The summed E-state index contributed by atoms with van der Waals surface area (Å²) in [5, 5.41) is 7.09. The molecular weight excluding hydrogens is 431 g/mol. The Morgan fingerprint density at radius 3 is 2.36 bits per heavy atom. The molecule has 0 radical (unpaired) electrons. The van der Waals surface area contributed by atoms with Gasteiger partial charge < -0.3 is 15.5 Å². The third-order valence-electron chi connectivity index (χ3n) is 5.95. The number of nitrogens with zero attached hydrogens (tertiary/aromatic N) is 3. The van der Waals surface area contributed by atoms with Crippen LogP contribution >= 0.6 is 0 Å². The monoisotopic (exact) mass is 457 g/mol. The average Bonchev–Trinajstić information content (AvgIpc) is 2.80. The first-order valence-corrected chi connectivity index (χ1v) is 10.9. The van der Waals surface area contributed by atoms with Crippen molar-refractivity contribution in [2.75, 3.05) is 24.3 Å². The number of hydrogen-bond donors (Lipinski definition) is 2. The van der Waals surface area contributed by atoms with Gasteiger partial charge in [-0.15, -0.1) is 0 Å². The molecule has 1 fully saturated rings. The maximum Gasteiger partial charge on any atom is 0.225 e. The smallest absolute Gasteiger partial charge is 0.225 e. The Hall–Kier alpha value is -3.36. The van der Waals surface area contributed by atoms with Gasteiger partial charge in [0.1, 0.15) is 5.82 Å². The average molecular weight is 458 g/mol. The Labute approximate surface area is 190 Å². The summed E-state index contributed by atoms with van der Waals surface area (Å²) in [5.74, 6) is -3.00. The van der Waals surface area contributed by atoms with Crippen molar-refractivity contribution < 1.29 is 18.0 Å². The predicted molar refractivity (Wildman–Crippen MR) is 121 cm³/mol. The summed E-state index contributed by atoms with van der Waals surface area (Å²) in [6, 6.07) is 9.78. The Morgan fingerprint density at radius 1 is 1.03 bits per heavy atom. The number of nitrogens with one attached hydrogen (secondary N) is 2. The molecule has 0 unspecified atom stereocenters. The minimum Gasteiger partial charge on any atom is -0.362 e.